The average molecular weight is 472 g/mol. The lowest BCUT2D eigenvalue weighted by atomic mass is 10.2. The Labute approximate surface area is 181 Å². The molecule has 0 saturated carbocycles. The molecule has 1 aliphatic heterocycles. The van der Waals surface area contributed by atoms with E-state index in [0.717, 1.165) is 15.7 Å². The fraction of sp³-hybridized carbons (Fsp3) is 0.136. The van der Waals surface area contributed by atoms with Crippen LogP contribution >= 0.6 is 15.9 Å². The van der Waals surface area contributed by atoms with Gasteiger partial charge in [0.05, 0.1) is 6.54 Å². The Morgan fingerprint density at radius 2 is 1.83 bits per heavy atom. The van der Waals surface area contributed by atoms with Crippen LogP contribution in [-0.4, -0.2) is 17.9 Å². The number of guanidine groups is 1. The fourth-order valence-electron chi connectivity index (χ4n) is 2.89. The van der Waals surface area contributed by atoms with E-state index in [1.54, 1.807) is 36.4 Å². The molecule has 0 aliphatic carbocycles. The first-order valence-corrected chi connectivity index (χ1v) is 10.0. The maximum Gasteiger partial charge on any atom is 0.231 e. The third-order valence-corrected chi connectivity index (χ3v) is 4.93. The molecule has 1 heterocycles. The van der Waals surface area contributed by atoms with Crippen molar-refractivity contribution in [1.82, 2.24) is 5.32 Å². The first-order chi connectivity index (χ1) is 14.6. The monoisotopic (exact) mass is 471 g/mol. The summed E-state index contributed by atoms with van der Waals surface area (Å²) in [6.45, 7) is 0.844. The second-order valence-electron chi connectivity index (χ2n) is 6.61. The smallest absolute Gasteiger partial charge is 0.231 e. The molecule has 0 spiro atoms. The number of phenolic OH excluding ortho intramolecular Hbond substituents is 1. The van der Waals surface area contributed by atoms with Gasteiger partial charge in [-0.25, -0.2) is 9.38 Å². The van der Waals surface area contributed by atoms with Crippen LogP contribution in [0.15, 0.2) is 70.1 Å². The number of nitrogens with zero attached hydrogens (tertiary/aromatic N) is 1. The van der Waals surface area contributed by atoms with Crippen LogP contribution in [0.5, 0.6) is 17.2 Å². The van der Waals surface area contributed by atoms with Crippen LogP contribution in [0.2, 0.25) is 0 Å². The number of aromatic hydroxyl groups is 1. The Morgan fingerprint density at radius 3 is 2.67 bits per heavy atom. The summed E-state index contributed by atoms with van der Waals surface area (Å²) in [4.78, 5) is 4.61. The van der Waals surface area contributed by atoms with Gasteiger partial charge in [0.15, 0.2) is 17.5 Å². The molecule has 0 saturated heterocycles. The standard InChI is InChI=1S/C22H19BrFN3O3/c23-16-2-7-19(24)15(10-16)12-26-22(27-17-3-5-18(28)6-4-17)25-11-14-1-8-20-21(9-14)30-13-29-20/h1-10,28H,11-13H2,(H2,25,26,27). The van der Waals surface area contributed by atoms with Crippen LogP contribution in [0, 0.1) is 5.82 Å². The third kappa shape index (κ3) is 5.01. The summed E-state index contributed by atoms with van der Waals surface area (Å²) in [5.41, 5.74) is 2.19. The summed E-state index contributed by atoms with van der Waals surface area (Å²) < 4.78 is 25.6. The second-order valence-corrected chi connectivity index (χ2v) is 7.53. The van der Waals surface area contributed by atoms with Gasteiger partial charge < -0.3 is 25.2 Å². The van der Waals surface area contributed by atoms with E-state index in [1.165, 1.54) is 6.07 Å². The first kappa shape index (κ1) is 20.0. The minimum Gasteiger partial charge on any atom is -0.508 e. The number of fused-ring (bicyclic) bond motifs is 1. The highest BCUT2D eigenvalue weighted by atomic mass is 79.9. The van der Waals surface area contributed by atoms with Crippen molar-refractivity contribution in [2.24, 2.45) is 4.99 Å². The summed E-state index contributed by atoms with van der Waals surface area (Å²) in [5, 5.41) is 15.8. The number of hydrogen-bond acceptors (Lipinski definition) is 4. The molecule has 3 aromatic rings. The molecule has 0 aromatic heterocycles. The summed E-state index contributed by atoms with van der Waals surface area (Å²) in [7, 11) is 0. The van der Waals surface area contributed by atoms with Crippen molar-refractivity contribution in [3.8, 4) is 17.2 Å². The Morgan fingerprint density at radius 1 is 1.03 bits per heavy atom. The van der Waals surface area contributed by atoms with Crippen LogP contribution in [0.1, 0.15) is 11.1 Å². The molecule has 1 aliphatic rings. The van der Waals surface area contributed by atoms with Crippen LogP contribution in [0.25, 0.3) is 0 Å². The van der Waals surface area contributed by atoms with Crippen molar-refractivity contribution >= 4 is 27.6 Å². The van der Waals surface area contributed by atoms with Gasteiger partial charge >= 0.3 is 0 Å². The number of rotatable bonds is 5. The summed E-state index contributed by atoms with van der Waals surface area (Å²) >= 11 is 3.36. The SMILES string of the molecule is Oc1ccc(NC(=NCc2ccc3c(c2)OCO3)NCc2cc(Br)ccc2F)cc1. The molecule has 6 nitrogen and oxygen atoms in total. The predicted octanol–water partition coefficient (Wildman–Crippen LogP) is 4.78. The Balaban J connectivity index is 1.52. The van der Waals surface area contributed by atoms with E-state index in [4.69, 9.17) is 9.47 Å². The van der Waals surface area contributed by atoms with Crippen LogP contribution in [0.3, 0.4) is 0 Å². The maximum atomic E-state index is 14.1. The quantitative estimate of drug-likeness (QED) is 0.283. The van der Waals surface area contributed by atoms with E-state index in [9.17, 15) is 9.50 Å². The fourth-order valence-corrected chi connectivity index (χ4v) is 3.30. The molecule has 0 fully saturated rings. The molecule has 0 bridgehead atoms. The normalized spacial score (nSPS) is 12.7. The predicted molar refractivity (Wildman–Crippen MR) is 116 cm³/mol. The van der Waals surface area contributed by atoms with Gasteiger partial charge in [0.1, 0.15) is 11.6 Å². The van der Waals surface area contributed by atoms with E-state index in [2.05, 4.69) is 31.6 Å². The van der Waals surface area contributed by atoms with E-state index in [1.807, 2.05) is 18.2 Å². The molecule has 0 amide bonds. The topological polar surface area (TPSA) is 75.1 Å². The largest absolute Gasteiger partial charge is 0.508 e. The highest BCUT2D eigenvalue weighted by molar-refractivity contribution is 9.10. The number of nitrogens with one attached hydrogen (secondary N) is 2. The lowest BCUT2D eigenvalue weighted by Gasteiger charge is -2.14. The van der Waals surface area contributed by atoms with Gasteiger partial charge in [0.25, 0.3) is 0 Å². The molecule has 3 aromatic carbocycles. The molecule has 154 valence electrons. The van der Waals surface area contributed by atoms with E-state index >= 15 is 0 Å². The lowest BCUT2D eigenvalue weighted by molar-refractivity contribution is 0.174. The van der Waals surface area contributed by atoms with Crippen LogP contribution in [-0.2, 0) is 13.1 Å². The Bertz CT molecular complexity index is 1070. The Hall–Kier alpha value is -3.26. The average Bonchev–Trinajstić information content (AvgIpc) is 3.21. The number of halogens is 2. The first-order valence-electron chi connectivity index (χ1n) is 9.24. The van der Waals surface area contributed by atoms with Gasteiger partial charge in [-0.15, -0.1) is 0 Å². The van der Waals surface area contributed by atoms with Crippen molar-refractivity contribution in [1.29, 1.82) is 0 Å². The molecule has 3 N–H and O–H groups in total. The molecule has 4 rings (SSSR count). The molecular formula is C22H19BrFN3O3. The van der Waals surface area contributed by atoms with Gasteiger partial charge in [-0.05, 0) is 60.2 Å². The number of benzene rings is 3. The van der Waals surface area contributed by atoms with Crippen molar-refractivity contribution in [2.75, 3.05) is 12.1 Å². The van der Waals surface area contributed by atoms with Gasteiger partial charge in [0, 0.05) is 22.3 Å². The zero-order chi connectivity index (χ0) is 20.9. The zero-order valence-electron chi connectivity index (χ0n) is 15.9. The van der Waals surface area contributed by atoms with Crippen molar-refractivity contribution < 1.29 is 19.0 Å². The summed E-state index contributed by atoms with van der Waals surface area (Å²) in [5.74, 6) is 1.75. The number of aliphatic imine (C=N–C) groups is 1. The van der Waals surface area contributed by atoms with Gasteiger partial charge in [-0.2, -0.15) is 0 Å². The molecule has 30 heavy (non-hydrogen) atoms. The highest BCUT2D eigenvalue weighted by Gasteiger charge is 2.13. The summed E-state index contributed by atoms with van der Waals surface area (Å²) in [6.07, 6.45) is 0. The van der Waals surface area contributed by atoms with Crippen LogP contribution in [0.4, 0.5) is 10.1 Å². The molecule has 0 unspecified atom stereocenters. The van der Waals surface area contributed by atoms with E-state index in [0.29, 0.717) is 29.6 Å². The number of anilines is 1. The second kappa shape index (κ2) is 9.04. The van der Waals surface area contributed by atoms with Gasteiger partial charge in [-0.3, -0.25) is 0 Å². The third-order valence-electron chi connectivity index (χ3n) is 4.44. The number of hydrogen-bond donors (Lipinski definition) is 3. The highest BCUT2D eigenvalue weighted by Crippen LogP contribution is 2.32. The lowest BCUT2D eigenvalue weighted by Crippen LogP contribution is -2.30. The van der Waals surface area contributed by atoms with E-state index in [-0.39, 0.29) is 24.9 Å². The minimum atomic E-state index is -0.301. The molecule has 0 radical (unpaired) electrons. The molecule has 8 heteroatoms. The van der Waals surface area contributed by atoms with Crippen LogP contribution < -0.4 is 20.1 Å². The van der Waals surface area contributed by atoms with Crippen molar-refractivity contribution in [3.63, 3.8) is 0 Å². The number of ether oxygens (including phenoxy) is 2. The van der Waals surface area contributed by atoms with E-state index < -0.39 is 0 Å². The molecule has 0 atom stereocenters. The minimum absolute atomic E-state index is 0.170. The van der Waals surface area contributed by atoms with Gasteiger partial charge in [-0.1, -0.05) is 22.0 Å². The molecular weight excluding hydrogens is 453 g/mol. The van der Waals surface area contributed by atoms with Gasteiger partial charge in [0.2, 0.25) is 6.79 Å². The Kier molecular flexibility index (Phi) is 6.04. The van der Waals surface area contributed by atoms with Crippen molar-refractivity contribution in [3.05, 3.63) is 82.1 Å². The summed E-state index contributed by atoms with van der Waals surface area (Å²) in [6, 6.07) is 17.1. The number of phenols is 1. The zero-order valence-corrected chi connectivity index (χ0v) is 17.4. The van der Waals surface area contributed by atoms with Crippen molar-refractivity contribution in [2.45, 2.75) is 13.1 Å². The maximum absolute atomic E-state index is 14.1.